The molecular weight excluding hydrogens is 284 g/mol. The number of benzene rings is 2. The highest BCUT2D eigenvalue weighted by molar-refractivity contribution is 5.85. The zero-order valence-corrected chi connectivity index (χ0v) is 13.4. The van der Waals surface area contributed by atoms with Gasteiger partial charge in [0.05, 0.1) is 5.71 Å². The van der Waals surface area contributed by atoms with E-state index >= 15 is 0 Å². The van der Waals surface area contributed by atoms with Crippen LogP contribution in [0, 0.1) is 0 Å². The minimum atomic E-state index is 0.440. The fourth-order valence-corrected chi connectivity index (χ4v) is 3.37. The highest BCUT2D eigenvalue weighted by atomic mass is 16.4. The average molecular weight is 308 g/mol. The van der Waals surface area contributed by atoms with E-state index in [-0.39, 0.29) is 0 Å². The molecule has 1 aliphatic rings. The number of oxime groups is 1. The second-order valence-electron chi connectivity index (χ2n) is 6.29. The van der Waals surface area contributed by atoms with Gasteiger partial charge in [-0.3, -0.25) is 4.90 Å². The molecule has 1 saturated carbocycles. The van der Waals surface area contributed by atoms with Crippen molar-refractivity contribution in [1.82, 2.24) is 4.90 Å². The van der Waals surface area contributed by atoms with Crippen LogP contribution in [0.1, 0.15) is 36.8 Å². The van der Waals surface area contributed by atoms with Crippen LogP contribution in [0.25, 0.3) is 0 Å². The van der Waals surface area contributed by atoms with Crippen LogP contribution in [-0.4, -0.2) is 21.9 Å². The van der Waals surface area contributed by atoms with Crippen LogP contribution in [0.15, 0.2) is 65.8 Å². The first kappa shape index (κ1) is 15.8. The molecule has 1 N–H and O–H groups in total. The van der Waals surface area contributed by atoms with Crippen molar-refractivity contribution in [3.63, 3.8) is 0 Å². The van der Waals surface area contributed by atoms with Gasteiger partial charge in [-0.25, -0.2) is 0 Å². The van der Waals surface area contributed by atoms with E-state index in [9.17, 15) is 0 Å². The summed E-state index contributed by atoms with van der Waals surface area (Å²) in [5, 5.41) is 12.6. The van der Waals surface area contributed by atoms with Crippen molar-refractivity contribution in [3.05, 3.63) is 71.8 Å². The van der Waals surface area contributed by atoms with Crippen molar-refractivity contribution < 1.29 is 5.21 Å². The SMILES string of the molecule is ON=C1CCCC(N(Cc2ccccc2)Cc2ccccc2)C1. The van der Waals surface area contributed by atoms with E-state index in [2.05, 4.69) is 70.7 Å². The Labute approximate surface area is 138 Å². The second kappa shape index (κ2) is 7.93. The predicted molar refractivity (Wildman–Crippen MR) is 93.6 cm³/mol. The fourth-order valence-electron chi connectivity index (χ4n) is 3.37. The molecule has 120 valence electrons. The Morgan fingerprint density at radius 2 is 1.48 bits per heavy atom. The summed E-state index contributed by atoms with van der Waals surface area (Å²) >= 11 is 0. The molecule has 1 fully saturated rings. The zero-order valence-electron chi connectivity index (χ0n) is 13.4. The van der Waals surface area contributed by atoms with Gasteiger partial charge in [-0.1, -0.05) is 65.8 Å². The van der Waals surface area contributed by atoms with E-state index in [0.29, 0.717) is 6.04 Å². The minimum Gasteiger partial charge on any atom is -0.411 e. The highest BCUT2D eigenvalue weighted by Crippen LogP contribution is 2.24. The standard InChI is InChI=1S/C20H24N2O/c23-21-19-12-7-13-20(14-19)22(15-17-8-3-1-4-9-17)16-18-10-5-2-6-11-18/h1-6,8-11,20,23H,7,12-16H2. The van der Waals surface area contributed by atoms with E-state index in [1.54, 1.807) is 0 Å². The fraction of sp³-hybridized carbons (Fsp3) is 0.350. The molecule has 0 amide bonds. The summed E-state index contributed by atoms with van der Waals surface area (Å²) in [5.74, 6) is 0. The Morgan fingerprint density at radius 3 is 2.00 bits per heavy atom. The van der Waals surface area contributed by atoms with Gasteiger partial charge in [-0.15, -0.1) is 0 Å². The van der Waals surface area contributed by atoms with Gasteiger partial charge in [0.25, 0.3) is 0 Å². The molecule has 2 aromatic rings. The van der Waals surface area contributed by atoms with Crippen molar-refractivity contribution in [1.29, 1.82) is 0 Å². The molecule has 1 unspecified atom stereocenters. The number of rotatable bonds is 5. The van der Waals surface area contributed by atoms with Crippen LogP contribution < -0.4 is 0 Å². The first-order valence-electron chi connectivity index (χ1n) is 8.37. The molecule has 2 aromatic carbocycles. The van der Waals surface area contributed by atoms with Crippen molar-refractivity contribution in [2.45, 2.75) is 44.8 Å². The third kappa shape index (κ3) is 4.42. The van der Waals surface area contributed by atoms with Crippen LogP contribution in [0.3, 0.4) is 0 Å². The van der Waals surface area contributed by atoms with Gasteiger partial charge in [0.2, 0.25) is 0 Å². The van der Waals surface area contributed by atoms with Gasteiger partial charge in [0.1, 0.15) is 0 Å². The normalized spacial score (nSPS) is 20.0. The maximum absolute atomic E-state index is 9.14. The maximum Gasteiger partial charge on any atom is 0.0586 e. The summed E-state index contributed by atoms with van der Waals surface area (Å²) in [4.78, 5) is 2.52. The summed E-state index contributed by atoms with van der Waals surface area (Å²) in [6.07, 6.45) is 4.07. The Bertz CT molecular complexity index is 583. The first-order valence-corrected chi connectivity index (χ1v) is 8.37. The average Bonchev–Trinajstić information content (AvgIpc) is 2.63. The molecule has 0 radical (unpaired) electrons. The minimum absolute atomic E-state index is 0.440. The molecule has 23 heavy (non-hydrogen) atoms. The van der Waals surface area contributed by atoms with Gasteiger partial charge in [0, 0.05) is 25.6 Å². The highest BCUT2D eigenvalue weighted by Gasteiger charge is 2.24. The van der Waals surface area contributed by atoms with Crippen molar-refractivity contribution in [2.75, 3.05) is 0 Å². The molecular formula is C20H24N2O. The van der Waals surface area contributed by atoms with Crippen molar-refractivity contribution >= 4 is 5.71 Å². The molecule has 3 nitrogen and oxygen atoms in total. The lowest BCUT2D eigenvalue weighted by atomic mass is 9.91. The summed E-state index contributed by atoms with van der Waals surface area (Å²) in [5.41, 5.74) is 3.60. The molecule has 0 aliphatic heterocycles. The molecule has 0 heterocycles. The second-order valence-corrected chi connectivity index (χ2v) is 6.29. The van der Waals surface area contributed by atoms with Gasteiger partial charge < -0.3 is 5.21 Å². The smallest absolute Gasteiger partial charge is 0.0586 e. The van der Waals surface area contributed by atoms with Crippen LogP contribution in [-0.2, 0) is 13.1 Å². The number of hydrogen-bond acceptors (Lipinski definition) is 3. The maximum atomic E-state index is 9.14. The largest absolute Gasteiger partial charge is 0.411 e. The first-order chi connectivity index (χ1) is 11.3. The van der Waals surface area contributed by atoms with E-state index in [1.165, 1.54) is 17.5 Å². The molecule has 1 atom stereocenters. The topological polar surface area (TPSA) is 35.8 Å². The number of hydrogen-bond donors (Lipinski definition) is 1. The molecule has 0 saturated heterocycles. The lowest BCUT2D eigenvalue weighted by molar-refractivity contribution is 0.163. The molecule has 3 heteroatoms. The third-order valence-corrected chi connectivity index (χ3v) is 4.59. The Morgan fingerprint density at radius 1 is 0.913 bits per heavy atom. The van der Waals surface area contributed by atoms with E-state index in [0.717, 1.165) is 38.1 Å². The van der Waals surface area contributed by atoms with Gasteiger partial charge in [-0.05, 0) is 30.4 Å². The van der Waals surface area contributed by atoms with Crippen LogP contribution >= 0.6 is 0 Å². The Kier molecular flexibility index (Phi) is 5.43. The van der Waals surface area contributed by atoms with Gasteiger partial charge in [0.15, 0.2) is 0 Å². The lowest BCUT2D eigenvalue weighted by Crippen LogP contribution is -2.38. The lowest BCUT2D eigenvalue weighted by Gasteiger charge is -2.34. The van der Waals surface area contributed by atoms with Crippen LogP contribution in [0.5, 0.6) is 0 Å². The molecule has 3 rings (SSSR count). The summed E-state index contributed by atoms with van der Waals surface area (Å²) < 4.78 is 0. The van der Waals surface area contributed by atoms with Crippen molar-refractivity contribution in [3.8, 4) is 0 Å². The zero-order chi connectivity index (χ0) is 15.9. The van der Waals surface area contributed by atoms with E-state index in [4.69, 9.17) is 5.21 Å². The van der Waals surface area contributed by atoms with Gasteiger partial charge >= 0.3 is 0 Å². The van der Waals surface area contributed by atoms with E-state index < -0.39 is 0 Å². The molecule has 0 bridgehead atoms. The van der Waals surface area contributed by atoms with Crippen LogP contribution in [0.2, 0.25) is 0 Å². The quantitative estimate of drug-likeness (QED) is 0.654. The molecule has 0 spiro atoms. The molecule has 1 aliphatic carbocycles. The third-order valence-electron chi connectivity index (χ3n) is 4.59. The predicted octanol–water partition coefficient (Wildman–Crippen LogP) is 4.46. The number of nitrogens with zero attached hydrogens (tertiary/aromatic N) is 2. The van der Waals surface area contributed by atoms with E-state index in [1.807, 2.05) is 0 Å². The Balaban J connectivity index is 1.77. The van der Waals surface area contributed by atoms with Crippen LogP contribution in [0.4, 0.5) is 0 Å². The molecule has 0 aromatic heterocycles. The summed E-state index contributed by atoms with van der Waals surface area (Å²) in [6, 6.07) is 21.7. The van der Waals surface area contributed by atoms with Gasteiger partial charge in [-0.2, -0.15) is 0 Å². The van der Waals surface area contributed by atoms with Crippen molar-refractivity contribution in [2.24, 2.45) is 5.16 Å². The Hall–Kier alpha value is -2.13. The monoisotopic (exact) mass is 308 g/mol. The summed E-state index contributed by atoms with van der Waals surface area (Å²) in [6.45, 7) is 1.86. The summed E-state index contributed by atoms with van der Waals surface area (Å²) in [7, 11) is 0.